The van der Waals surface area contributed by atoms with Crippen molar-refractivity contribution >= 4 is 5.91 Å². The van der Waals surface area contributed by atoms with Crippen LogP contribution in [0.5, 0.6) is 0 Å². The molecule has 0 aliphatic heterocycles. The molecule has 1 heterocycles. The SMILES string of the molecule is NC(=O)C[NH2+][C@@H](c1ccccc1)c1ccco1. The van der Waals surface area contributed by atoms with Crippen LogP contribution in [0.1, 0.15) is 17.4 Å². The van der Waals surface area contributed by atoms with Gasteiger partial charge in [-0.25, -0.2) is 0 Å². The lowest BCUT2D eigenvalue weighted by molar-refractivity contribution is -0.678. The van der Waals surface area contributed by atoms with Crippen LogP contribution in [0.2, 0.25) is 0 Å². The fourth-order valence-corrected chi connectivity index (χ4v) is 1.78. The molecule has 4 nitrogen and oxygen atoms in total. The van der Waals surface area contributed by atoms with Gasteiger partial charge in [-0.2, -0.15) is 0 Å². The van der Waals surface area contributed by atoms with Crippen LogP contribution in [0.3, 0.4) is 0 Å². The molecule has 4 N–H and O–H groups in total. The van der Waals surface area contributed by atoms with Crippen LogP contribution in [0, 0.1) is 0 Å². The minimum Gasteiger partial charge on any atom is -0.463 e. The van der Waals surface area contributed by atoms with Crippen molar-refractivity contribution in [3.8, 4) is 0 Å². The Balaban J connectivity index is 2.22. The number of furan rings is 1. The highest BCUT2D eigenvalue weighted by Gasteiger charge is 2.20. The Bertz CT molecular complexity index is 465. The molecule has 0 saturated carbocycles. The van der Waals surface area contributed by atoms with Gasteiger partial charge in [0.1, 0.15) is 0 Å². The fourth-order valence-electron chi connectivity index (χ4n) is 1.78. The van der Waals surface area contributed by atoms with Crippen molar-refractivity contribution in [1.82, 2.24) is 0 Å². The minimum absolute atomic E-state index is 0.0290. The molecule has 4 heteroatoms. The zero-order valence-electron chi connectivity index (χ0n) is 9.37. The second-order valence-corrected chi connectivity index (χ2v) is 3.81. The van der Waals surface area contributed by atoms with Crippen LogP contribution < -0.4 is 11.1 Å². The van der Waals surface area contributed by atoms with E-state index in [0.717, 1.165) is 11.3 Å². The molecule has 0 radical (unpaired) electrons. The molecule has 0 unspecified atom stereocenters. The van der Waals surface area contributed by atoms with Crippen molar-refractivity contribution in [2.24, 2.45) is 5.73 Å². The molecule has 2 rings (SSSR count). The normalized spacial score (nSPS) is 12.2. The summed E-state index contributed by atoms with van der Waals surface area (Å²) in [5.74, 6) is 0.481. The summed E-state index contributed by atoms with van der Waals surface area (Å²) in [5.41, 5.74) is 6.26. The van der Waals surface area contributed by atoms with Gasteiger partial charge < -0.3 is 15.5 Å². The first kappa shape index (κ1) is 11.4. The van der Waals surface area contributed by atoms with E-state index in [2.05, 4.69) is 0 Å². The average molecular weight is 231 g/mol. The van der Waals surface area contributed by atoms with Crippen LogP contribution in [-0.4, -0.2) is 12.5 Å². The number of quaternary nitrogens is 1. The first-order chi connectivity index (χ1) is 8.27. The first-order valence-corrected chi connectivity index (χ1v) is 5.47. The molecule has 0 spiro atoms. The Morgan fingerprint density at radius 1 is 1.24 bits per heavy atom. The number of amides is 1. The molecule has 0 fully saturated rings. The molecule has 1 amide bonds. The topological polar surface area (TPSA) is 72.8 Å². The Morgan fingerprint density at radius 3 is 2.59 bits per heavy atom. The third-order valence-corrected chi connectivity index (χ3v) is 2.56. The Kier molecular flexibility index (Phi) is 3.57. The third-order valence-electron chi connectivity index (χ3n) is 2.56. The van der Waals surface area contributed by atoms with E-state index in [1.807, 2.05) is 47.8 Å². The Hall–Kier alpha value is -2.07. The van der Waals surface area contributed by atoms with Crippen LogP contribution in [-0.2, 0) is 4.79 Å². The zero-order chi connectivity index (χ0) is 12.1. The Morgan fingerprint density at radius 2 is 2.00 bits per heavy atom. The molecule has 0 bridgehead atoms. The van der Waals surface area contributed by atoms with E-state index in [-0.39, 0.29) is 18.5 Å². The van der Waals surface area contributed by atoms with Crippen LogP contribution in [0.25, 0.3) is 0 Å². The third kappa shape index (κ3) is 2.95. The zero-order valence-corrected chi connectivity index (χ0v) is 9.37. The number of primary amides is 1. The van der Waals surface area contributed by atoms with Crippen molar-refractivity contribution < 1.29 is 14.5 Å². The van der Waals surface area contributed by atoms with Crippen LogP contribution in [0.15, 0.2) is 53.1 Å². The number of nitrogens with two attached hydrogens (primary N) is 2. The quantitative estimate of drug-likeness (QED) is 0.782. The summed E-state index contributed by atoms with van der Waals surface area (Å²) in [6.07, 6.45) is 1.63. The van der Waals surface area contributed by atoms with E-state index in [9.17, 15) is 4.79 Å². The van der Waals surface area contributed by atoms with Gasteiger partial charge in [-0.15, -0.1) is 0 Å². The molecule has 0 saturated heterocycles. The van der Waals surface area contributed by atoms with E-state index in [0.29, 0.717) is 0 Å². The van der Waals surface area contributed by atoms with Crippen molar-refractivity contribution in [2.75, 3.05) is 6.54 Å². The van der Waals surface area contributed by atoms with Gasteiger partial charge in [0.15, 0.2) is 18.3 Å². The first-order valence-electron chi connectivity index (χ1n) is 5.47. The second kappa shape index (κ2) is 5.32. The van der Waals surface area contributed by atoms with Crippen molar-refractivity contribution in [3.63, 3.8) is 0 Å². The van der Waals surface area contributed by atoms with Crippen LogP contribution in [0.4, 0.5) is 0 Å². The molecule has 17 heavy (non-hydrogen) atoms. The monoisotopic (exact) mass is 231 g/mol. The van der Waals surface area contributed by atoms with Crippen LogP contribution >= 0.6 is 0 Å². The maximum Gasteiger partial charge on any atom is 0.272 e. The number of carbonyl (C=O) groups is 1. The number of hydrogen-bond acceptors (Lipinski definition) is 2. The summed E-state index contributed by atoms with van der Waals surface area (Å²) in [6.45, 7) is 0.236. The van der Waals surface area contributed by atoms with Gasteiger partial charge in [0.2, 0.25) is 0 Å². The van der Waals surface area contributed by atoms with E-state index in [1.54, 1.807) is 6.26 Å². The second-order valence-electron chi connectivity index (χ2n) is 3.81. The van der Waals surface area contributed by atoms with E-state index in [4.69, 9.17) is 10.2 Å². The summed E-state index contributed by atoms with van der Waals surface area (Å²) < 4.78 is 5.40. The summed E-state index contributed by atoms with van der Waals surface area (Å²) in [5, 5.41) is 1.87. The maximum absolute atomic E-state index is 10.9. The smallest absolute Gasteiger partial charge is 0.272 e. The predicted octanol–water partition coefficient (Wildman–Crippen LogP) is 0.418. The van der Waals surface area contributed by atoms with Gasteiger partial charge >= 0.3 is 0 Å². The molecular formula is C13H15N2O2+. The highest BCUT2D eigenvalue weighted by molar-refractivity contribution is 5.74. The van der Waals surface area contributed by atoms with Crippen molar-refractivity contribution in [1.29, 1.82) is 0 Å². The standard InChI is InChI=1S/C13H14N2O2/c14-12(16)9-15-13(11-7-4-8-17-11)10-5-2-1-3-6-10/h1-8,13,15H,9H2,(H2,14,16)/p+1/t13-/m0/s1. The lowest BCUT2D eigenvalue weighted by Crippen LogP contribution is -2.87. The van der Waals surface area contributed by atoms with Gasteiger partial charge in [-0.1, -0.05) is 30.3 Å². The largest absolute Gasteiger partial charge is 0.463 e. The molecule has 2 aromatic rings. The van der Waals surface area contributed by atoms with Crippen molar-refractivity contribution in [2.45, 2.75) is 6.04 Å². The van der Waals surface area contributed by atoms with E-state index < -0.39 is 0 Å². The molecular weight excluding hydrogens is 216 g/mol. The summed E-state index contributed by atoms with van der Waals surface area (Å²) in [6, 6.07) is 13.6. The number of rotatable bonds is 5. The predicted molar refractivity (Wildman–Crippen MR) is 63.0 cm³/mol. The average Bonchev–Trinajstić information content (AvgIpc) is 2.84. The fraction of sp³-hybridized carbons (Fsp3) is 0.154. The lowest BCUT2D eigenvalue weighted by atomic mass is 10.0. The van der Waals surface area contributed by atoms with Gasteiger partial charge in [-0.3, -0.25) is 4.79 Å². The van der Waals surface area contributed by atoms with E-state index >= 15 is 0 Å². The highest BCUT2D eigenvalue weighted by atomic mass is 16.3. The molecule has 0 aliphatic carbocycles. The number of carbonyl (C=O) groups excluding carboxylic acids is 1. The Labute approximate surface area is 99.4 Å². The molecule has 1 aromatic heterocycles. The number of benzene rings is 1. The number of hydrogen-bond donors (Lipinski definition) is 2. The molecule has 1 atom stereocenters. The van der Waals surface area contributed by atoms with Gasteiger partial charge in [0.25, 0.3) is 5.91 Å². The maximum atomic E-state index is 10.9. The lowest BCUT2D eigenvalue weighted by Gasteiger charge is -2.12. The van der Waals surface area contributed by atoms with E-state index in [1.165, 1.54) is 0 Å². The summed E-state index contributed by atoms with van der Waals surface area (Å²) >= 11 is 0. The van der Waals surface area contributed by atoms with Crippen molar-refractivity contribution in [3.05, 3.63) is 60.1 Å². The minimum atomic E-state index is -0.336. The summed E-state index contributed by atoms with van der Waals surface area (Å²) in [7, 11) is 0. The molecule has 88 valence electrons. The van der Waals surface area contributed by atoms with Gasteiger partial charge in [0.05, 0.1) is 6.26 Å². The highest BCUT2D eigenvalue weighted by Crippen LogP contribution is 2.18. The van der Waals surface area contributed by atoms with Gasteiger partial charge in [-0.05, 0) is 12.1 Å². The van der Waals surface area contributed by atoms with Gasteiger partial charge in [0, 0.05) is 5.56 Å². The molecule has 1 aromatic carbocycles. The summed E-state index contributed by atoms with van der Waals surface area (Å²) in [4.78, 5) is 10.9. The molecule has 0 aliphatic rings.